The number of aromatic nitrogens is 2. The molecule has 0 spiro atoms. The number of nitrogen functional groups attached to an aromatic ring is 1. The molecule has 0 aliphatic rings. The van der Waals surface area contributed by atoms with Crippen molar-refractivity contribution in [1.82, 2.24) is 10.1 Å². The van der Waals surface area contributed by atoms with Gasteiger partial charge in [0.25, 0.3) is 5.89 Å². The van der Waals surface area contributed by atoms with E-state index in [0.29, 0.717) is 11.3 Å². The maximum absolute atomic E-state index is 12.1. The molecule has 18 heavy (non-hydrogen) atoms. The van der Waals surface area contributed by atoms with Crippen molar-refractivity contribution >= 4 is 17.3 Å². The number of anilines is 1. The summed E-state index contributed by atoms with van der Waals surface area (Å²) in [4.78, 5) is 3.63. The summed E-state index contributed by atoms with van der Waals surface area (Å²) in [6.45, 7) is 0. The van der Waals surface area contributed by atoms with E-state index in [2.05, 4.69) is 10.1 Å². The molecule has 2 aromatic rings. The first-order chi connectivity index (χ1) is 8.35. The molecule has 1 aromatic carbocycles. The lowest BCUT2D eigenvalue weighted by Crippen LogP contribution is -2.12. The molecule has 0 saturated carbocycles. The number of hydrogen-bond donors (Lipinski definition) is 1. The average molecular weight is 278 g/mol. The average Bonchev–Trinajstić information content (AvgIpc) is 2.67. The zero-order valence-corrected chi connectivity index (χ0v) is 9.59. The van der Waals surface area contributed by atoms with Crippen LogP contribution >= 0.6 is 11.6 Å². The Morgan fingerprint density at radius 2 is 2.06 bits per heavy atom. The maximum Gasteiger partial charge on any atom is 0.396 e. The van der Waals surface area contributed by atoms with Gasteiger partial charge in [-0.3, -0.25) is 0 Å². The van der Waals surface area contributed by atoms with Crippen molar-refractivity contribution in [3.05, 3.63) is 29.0 Å². The summed E-state index contributed by atoms with van der Waals surface area (Å²) in [6, 6.07) is 4.51. The zero-order valence-electron chi connectivity index (χ0n) is 8.83. The molecule has 96 valence electrons. The fourth-order valence-corrected chi connectivity index (χ4v) is 1.52. The summed E-state index contributed by atoms with van der Waals surface area (Å²) in [6.07, 6.45) is -5.64. The summed E-state index contributed by atoms with van der Waals surface area (Å²) in [7, 11) is 0. The van der Waals surface area contributed by atoms with Gasteiger partial charge in [-0.05, 0) is 18.2 Å². The minimum atomic E-state index is -4.39. The van der Waals surface area contributed by atoms with E-state index in [9.17, 15) is 13.2 Å². The summed E-state index contributed by atoms with van der Waals surface area (Å²) in [5, 5.41) is 3.51. The Balaban J connectivity index is 2.32. The normalized spacial score (nSPS) is 11.8. The Hall–Kier alpha value is -1.76. The Morgan fingerprint density at radius 3 is 2.72 bits per heavy atom. The van der Waals surface area contributed by atoms with E-state index in [4.69, 9.17) is 21.9 Å². The number of nitrogens with two attached hydrogens (primary N) is 1. The van der Waals surface area contributed by atoms with E-state index in [1.807, 2.05) is 0 Å². The summed E-state index contributed by atoms with van der Waals surface area (Å²) in [5.41, 5.74) is 6.24. The van der Waals surface area contributed by atoms with Crippen LogP contribution in [0.5, 0.6) is 0 Å². The minimum Gasteiger partial charge on any atom is -0.399 e. The molecule has 0 saturated heterocycles. The van der Waals surface area contributed by atoms with Crippen LogP contribution in [-0.2, 0) is 6.42 Å². The Bertz CT molecular complexity index is 568. The van der Waals surface area contributed by atoms with Gasteiger partial charge in [-0.1, -0.05) is 16.8 Å². The van der Waals surface area contributed by atoms with E-state index in [1.165, 1.54) is 12.1 Å². The Kier molecular flexibility index (Phi) is 3.16. The van der Waals surface area contributed by atoms with Crippen LogP contribution in [0, 0.1) is 0 Å². The summed E-state index contributed by atoms with van der Waals surface area (Å²) >= 11 is 5.87. The van der Waals surface area contributed by atoms with Crippen molar-refractivity contribution < 1.29 is 17.7 Å². The van der Waals surface area contributed by atoms with Gasteiger partial charge in [-0.2, -0.15) is 18.2 Å². The molecule has 2 rings (SSSR count). The Morgan fingerprint density at radius 1 is 1.33 bits per heavy atom. The number of hydrogen-bond acceptors (Lipinski definition) is 4. The van der Waals surface area contributed by atoms with Crippen molar-refractivity contribution in [1.29, 1.82) is 0 Å². The van der Waals surface area contributed by atoms with Crippen LogP contribution in [0.15, 0.2) is 22.7 Å². The third-order valence-electron chi connectivity index (χ3n) is 2.05. The van der Waals surface area contributed by atoms with Crippen molar-refractivity contribution in [3.8, 4) is 11.5 Å². The molecular formula is C10H7ClF3N3O. The van der Waals surface area contributed by atoms with Gasteiger partial charge in [0.15, 0.2) is 5.82 Å². The van der Waals surface area contributed by atoms with E-state index >= 15 is 0 Å². The fraction of sp³-hybridized carbons (Fsp3) is 0.200. The molecule has 2 N–H and O–H groups in total. The van der Waals surface area contributed by atoms with Crippen LogP contribution in [0.4, 0.5) is 18.9 Å². The number of rotatable bonds is 2. The first kappa shape index (κ1) is 12.7. The van der Waals surface area contributed by atoms with Gasteiger partial charge in [-0.15, -0.1) is 0 Å². The van der Waals surface area contributed by atoms with Crippen molar-refractivity contribution in [2.45, 2.75) is 12.6 Å². The number of nitrogens with zero attached hydrogens (tertiary/aromatic N) is 2. The first-order valence-electron chi connectivity index (χ1n) is 4.80. The number of alkyl halides is 3. The molecular weight excluding hydrogens is 271 g/mol. The molecule has 0 amide bonds. The van der Waals surface area contributed by atoms with E-state index < -0.39 is 18.4 Å². The van der Waals surface area contributed by atoms with Gasteiger partial charge < -0.3 is 10.3 Å². The second kappa shape index (κ2) is 4.49. The van der Waals surface area contributed by atoms with Gasteiger partial charge in [0, 0.05) is 5.69 Å². The molecule has 0 bridgehead atoms. The predicted octanol–water partition coefficient (Wildman–Crippen LogP) is 3.08. The number of halogens is 4. The SMILES string of the molecule is Nc1ccc(Cl)c(-c2nc(CC(F)(F)F)no2)c1. The largest absolute Gasteiger partial charge is 0.399 e. The molecule has 0 aliphatic heterocycles. The molecule has 0 radical (unpaired) electrons. The van der Waals surface area contributed by atoms with Crippen LogP contribution in [0.25, 0.3) is 11.5 Å². The molecule has 0 aliphatic carbocycles. The zero-order chi connectivity index (χ0) is 13.3. The highest BCUT2D eigenvalue weighted by molar-refractivity contribution is 6.33. The predicted molar refractivity (Wildman–Crippen MR) is 58.9 cm³/mol. The lowest BCUT2D eigenvalue weighted by Gasteiger charge is -2.00. The second-order valence-electron chi connectivity index (χ2n) is 3.55. The molecule has 8 heteroatoms. The van der Waals surface area contributed by atoms with Crippen molar-refractivity contribution in [2.24, 2.45) is 0 Å². The first-order valence-corrected chi connectivity index (χ1v) is 5.18. The fourth-order valence-electron chi connectivity index (χ4n) is 1.32. The van der Waals surface area contributed by atoms with Gasteiger partial charge in [0.1, 0.15) is 6.42 Å². The van der Waals surface area contributed by atoms with E-state index in [-0.39, 0.29) is 10.9 Å². The topological polar surface area (TPSA) is 64.9 Å². The monoisotopic (exact) mass is 277 g/mol. The third kappa shape index (κ3) is 2.92. The highest BCUT2D eigenvalue weighted by Crippen LogP contribution is 2.29. The highest BCUT2D eigenvalue weighted by Gasteiger charge is 2.30. The quantitative estimate of drug-likeness (QED) is 0.857. The summed E-state index contributed by atoms with van der Waals surface area (Å²) < 4.78 is 41.1. The Labute approximate surface area is 105 Å². The molecule has 1 aromatic heterocycles. The van der Waals surface area contributed by atoms with Crippen LogP contribution in [0.3, 0.4) is 0 Å². The smallest absolute Gasteiger partial charge is 0.396 e. The lowest BCUT2D eigenvalue weighted by molar-refractivity contribution is -0.128. The lowest BCUT2D eigenvalue weighted by atomic mass is 10.2. The maximum atomic E-state index is 12.1. The van der Waals surface area contributed by atoms with Crippen molar-refractivity contribution in [2.75, 3.05) is 5.73 Å². The van der Waals surface area contributed by atoms with Gasteiger partial charge in [0.05, 0.1) is 10.6 Å². The van der Waals surface area contributed by atoms with Gasteiger partial charge in [0.2, 0.25) is 0 Å². The van der Waals surface area contributed by atoms with Crippen LogP contribution < -0.4 is 5.73 Å². The molecule has 1 heterocycles. The summed E-state index contributed by atoms with van der Waals surface area (Å²) in [5.74, 6) is -0.539. The molecule has 0 unspecified atom stereocenters. The van der Waals surface area contributed by atoms with Crippen LogP contribution in [0.1, 0.15) is 5.82 Å². The minimum absolute atomic E-state index is 0.0912. The van der Waals surface area contributed by atoms with Gasteiger partial charge >= 0.3 is 6.18 Å². The highest BCUT2D eigenvalue weighted by atomic mass is 35.5. The van der Waals surface area contributed by atoms with E-state index in [1.54, 1.807) is 6.07 Å². The van der Waals surface area contributed by atoms with Gasteiger partial charge in [-0.25, -0.2) is 0 Å². The molecule has 4 nitrogen and oxygen atoms in total. The molecule has 0 atom stereocenters. The standard InChI is InChI=1S/C10H7ClF3N3O/c11-7-2-1-5(15)3-6(7)9-16-8(17-18-9)4-10(12,13)14/h1-3H,4,15H2. The van der Waals surface area contributed by atoms with E-state index in [0.717, 1.165) is 0 Å². The van der Waals surface area contributed by atoms with Crippen LogP contribution in [0.2, 0.25) is 5.02 Å². The second-order valence-corrected chi connectivity index (χ2v) is 3.95. The third-order valence-corrected chi connectivity index (χ3v) is 2.38. The van der Waals surface area contributed by atoms with Crippen molar-refractivity contribution in [3.63, 3.8) is 0 Å². The van der Waals surface area contributed by atoms with Crippen LogP contribution in [-0.4, -0.2) is 16.3 Å². The number of benzene rings is 1. The molecule has 0 fully saturated rings.